The normalized spacial score (nSPS) is 12.1. The molecule has 4 aromatic rings. The van der Waals surface area contributed by atoms with Gasteiger partial charge >= 0.3 is 0 Å². The number of H-pyrrole nitrogens is 1. The van der Waals surface area contributed by atoms with Gasteiger partial charge in [-0.3, -0.25) is 9.59 Å². The van der Waals surface area contributed by atoms with Gasteiger partial charge in [0, 0.05) is 29.7 Å². The molecule has 7 nitrogen and oxygen atoms in total. The number of hydrogen-bond acceptors (Lipinski definition) is 4. The summed E-state index contributed by atoms with van der Waals surface area (Å²) in [5.74, 6) is -0.254. The Labute approximate surface area is 180 Å². The van der Waals surface area contributed by atoms with Crippen molar-refractivity contribution < 1.29 is 4.79 Å². The molecule has 0 spiro atoms. The van der Waals surface area contributed by atoms with Crippen LogP contribution >= 0.6 is 0 Å². The number of fused-ring (bicyclic) bond motifs is 1. The number of amides is 1. The number of aromatic nitrogens is 4. The van der Waals surface area contributed by atoms with E-state index in [9.17, 15) is 9.59 Å². The van der Waals surface area contributed by atoms with Crippen molar-refractivity contribution >= 4 is 16.9 Å². The zero-order chi connectivity index (χ0) is 22.1. The summed E-state index contributed by atoms with van der Waals surface area (Å²) in [7, 11) is 0. The van der Waals surface area contributed by atoms with Crippen molar-refractivity contribution in [3.8, 4) is 0 Å². The molecule has 0 radical (unpaired) electrons. The summed E-state index contributed by atoms with van der Waals surface area (Å²) < 4.78 is 2.06. The highest BCUT2D eigenvalue weighted by Crippen LogP contribution is 2.30. The first kappa shape index (κ1) is 20.5. The first-order valence-corrected chi connectivity index (χ1v) is 10.2. The smallest absolute Gasteiger partial charge is 0.254 e. The molecule has 1 atom stereocenters. The maximum absolute atomic E-state index is 13.2. The van der Waals surface area contributed by atoms with Gasteiger partial charge in [-0.2, -0.15) is 0 Å². The molecule has 0 saturated carbocycles. The Morgan fingerprint density at radius 1 is 1.19 bits per heavy atom. The Balaban J connectivity index is 1.72. The van der Waals surface area contributed by atoms with Crippen LogP contribution in [0.5, 0.6) is 0 Å². The zero-order valence-electron chi connectivity index (χ0n) is 18.1. The number of carbonyl (C=O) groups is 1. The Bertz CT molecular complexity index is 1320. The van der Waals surface area contributed by atoms with E-state index in [1.54, 1.807) is 6.20 Å². The second-order valence-electron chi connectivity index (χ2n) is 7.80. The van der Waals surface area contributed by atoms with Crippen molar-refractivity contribution in [3.05, 3.63) is 92.9 Å². The standard InChI is InChI=1S/C24H25N5O2/c1-14-10-15(2)28-23(30)19(14)12-26-24(31)21-17(4)29(22-20(21)11-25-13-27-22)16(3)18-8-6-5-7-9-18/h5-11,13,16H,12H2,1-4H3,(H,26,31)(H,28,30)/t16-/m1/s1. The summed E-state index contributed by atoms with van der Waals surface area (Å²) in [6, 6.07) is 12.0. The van der Waals surface area contributed by atoms with Gasteiger partial charge in [0.15, 0.2) is 0 Å². The van der Waals surface area contributed by atoms with Crippen LogP contribution in [0.15, 0.2) is 53.7 Å². The van der Waals surface area contributed by atoms with Gasteiger partial charge in [-0.1, -0.05) is 30.3 Å². The Hall–Kier alpha value is -3.74. The number of carbonyl (C=O) groups excluding carboxylic acids is 1. The van der Waals surface area contributed by atoms with Gasteiger partial charge in [0.2, 0.25) is 0 Å². The predicted octanol–water partition coefficient (Wildman–Crippen LogP) is 3.58. The van der Waals surface area contributed by atoms with E-state index in [-0.39, 0.29) is 24.1 Å². The number of aryl methyl sites for hydroxylation is 2. The monoisotopic (exact) mass is 415 g/mol. The lowest BCUT2D eigenvalue weighted by molar-refractivity contribution is 0.0951. The fourth-order valence-corrected chi connectivity index (χ4v) is 4.17. The summed E-state index contributed by atoms with van der Waals surface area (Å²) in [6.45, 7) is 7.86. The van der Waals surface area contributed by atoms with Gasteiger partial charge in [-0.05, 0) is 44.9 Å². The van der Waals surface area contributed by atoms with Gasteiger partial charge in [-0.25, -0.2) is 9.97 Å². The number of nitrogens with one attached hydrogen (secondary N) is 2. The van der Waals surface area contributed by atoms with Crippen LogP contribution in [0.4, 0.5) is 0 Å². The Kier molecular flexibility index (Phi) is 5.42. The Morgan fingerprint density at radius 3 is 2.65 bits per heavy atom. The van der Waals surface area contributed by atoms with Crippen molar-refractivity contribution in [2.24, 2.45) is 0 Å². The third-order valence-corrected chi connectivity index (χ3v) is 5.73. The molecule has 0 bridgehead atoms. The van der Waals surface area contributed by atoms with E-state index in [4.69, 9.17) is 0 Å². The molecule has 0 saturated heterocycles. The fraction of sp³-hybridized carbons (Fsp3) is 0.250. The lowest BCUT2D eigenvalue weighted by atomic mass is 10.1. The number of benzene rings is 1. The number of hydrogen-bond donors (Lipinski definition) is 2. The van der Waals surface area contributed by atoms with Crippen LogP contribution < -0.4 is 10.9 Å². The average molecular weight is 415 g/mol. The lowest BCUT2D eigenvalue weighted by Crippen LogP contribution is -2.28. The van der Waals surface area contributed by atoms with E-state index in [2.05, 4.69) is 43.9 Å². The van der Waals surface area contributed by atoms with Gasteiger partial charge in [0.05, 0.1) is 17.0 Å². The molecule has 1 aromatic carbocycles. The summed E-state index contributed by atoms with van der Waals surface area (Å²) in [6.07, 6.45) is 3.16. The number of aromatic amines is 1. The SMILES string of the molecule is Cc1cc(C)c(CNC(=O)c2c(C)n([C@H](C)c3ccccc3)c3ncncc23)c(=O)[nH]1. The molecule has 0 fully saturated rings. The molecule has 0 aliphatic heterocycles. The lowest BCUT2D eigenvalue weighted by Gasteiger charge is -2.17. The van der Waals surface area contributed by atoms with Crippen LogP contribution in [0, 0.1) is 20.8 Å². The molecular formula is C24H25N5O2. The largest absolute Gasteiger partial charge is 0.348 e. The van der Waals surface area contributed by atoms with E-state index in [1.165, 1.54) is 6.33 Å². The summed E-state index contributed by atoms with van der Waals surface area (Å²) >= 11 is 0. The van der Waals surface area contributed by atoms with Crippen LogP contribution in [0.2, 0.25) is 0 Å². The second-order valence-corrected chi connectivity index (χ2v) is 7.80. The van der Waals surface area contributed by atoms with E-state index >= 15 is 0 Å². The first-order valence-electron chi connectivity index (χ1n) is 10.2. The average Bonchev–Trinajstić information content (AvgIpc) is 3.04. The molecule has 0 aliphatic rings. The predicted molar refractivity (Wildman–Crippen MR) is 120 cm³/mol. The van der Waals surface area contributed by atoms with E-state index in [1.807, 2.05) is 45.0 Å². The van der Waals surface area contributed by atoms with Crippen molar-refractivity contribution in [1.29, 1.82) is 0 Å². The quantitative estimate of drug-likeness (QED) is 0.521. The second kappa shape index (κ2) is 8.18. The van der Waals surface area contributed by atoms with Crippen LogP contribution in [-0.4, -0.2) is 25.4 Å². The van der Waals surface area contributed by atoms with E-state index < -0.39 is 0 Å². The van der Waals surface area contributed by atoms with Crippen LogP contribution in [-0.2, 0) is 6.54 Å². The summed E-state index contributed by atoms with van der Waals surface area (Å²) in [5, 5.41) is 3.60. The summed E-state index contributed by atoms with van der Waals surface area (Å²) in [4.78, 5) is 36.9. The van der Waals surface area contributed by atoms with Crippen LogP contribution in [0.25, 0.3) is 11.0 Å². The fourth-order valence-electron chi connectivity index (χ4n) is 4.17. The molecular weight excluding hydrogens is 390 g/mol. The molecule has 31 heavy (non-hydrogen) atoms. The molecule has 3 aromatic heterocycles. The minimum atomic E-state index is -0.254. The van der Waals surface area contributed by atoms with Crippen LogP contribution in [0.3, 0.4) is 0 Å². The van der Waals surface area contributed by atoms with Crippen molar-refractivity contribution in [3.63, 3.8) is 0 Å². The van der Waals surface area contributed by atoms with Gasteiger partial charge in [-0.15, -0.1) is 0 Å². The van der Waals surface area contributed by atoms with Gasteiger partial charge in [0.25, 0.3) is 11.5 Å². The van der Waals surface area contributed by atoms with Gasteiger partial charge in [0.1, 0.15) is 12.0 Å². The molecule has 1 amide bonds. The maximum atomic E-state index is 13.2. The van der Waals surface area contributed by atoms with Crippen molar-refractivity contribution in [2.75, 3.05) is 0 Å². The third kappa shape index (κ3) is 3.74. The number of pyridine rings is 1. The highest BCUT2D eigenvalue weighted by atomic mass is 16.2. The highest BCUT2D eigenvalue weighted by Gasteiger charge is 2.24. The topological polar surface area (TPSA) is 92.7 Å². The third-order valence-electron chi connectivity index (χ3n) is 5.73. The van der Waals surface area contributed by atoms with Crippen molar-refractivity contribution in [1.82, 2.24) is 24.8 Å². The first-order chi connectivity index (χ1) is 14.9. The van der Waals surface area contributed by atoms with Crippen molar-refractivity contribution in [2.45, 2.75) is 40.3 Å². The molecule has 3 heterocycles. The zero-order valence-corrected chi connectivity index (χ0v) is 18.1. The number of rotatable bonds is 5. The van der Waals surface area contributed by atoms with E-state index in [0.717, 1.165) is 22.5 Å². The number of nitrogens with zero attached hydrogens (tertiary/aromatic N) is 3. The molecule has 4 rings (SSSR count). The van der Waals surface area contributed by atoms with Crippen LogP contribution in [0.1, 0.15) is 51.4 Å². The van der Waals surface area contributed by atoms with Gasteiger partial charge < -0.3 is 14.9 Å². The minimum Gasteiger partial charge on any atom is -0.348 e. The molecule has 158 valence electrons. The van der Waals surface area contributed by atoms with E-state index in [0.29, 0.717) is 22.2 Å². The Morgan fingerprint density at radius 2 is 1.94 bits per heavy atom. The summed E-state index contributed by atoms with van der Waals surface area (Å²) in [5.41, 5.74) is 5.17. The molecule has 0 aliphatic carbocycles. The maximum Gasteiger partial charge on any atom is 0.254 e. The minimum absolute atomic E-state index is 0.0117. The molecule has 7 heteroatoms. The molecule has 0 unspecified atom stereocenters. The molecule has 2 N–H and O–H groups in total. The highest BCUT2D eigenvalue weighted by molar-refractivity contribution is 6.07.